The van der Waals surface area contributed by atoms with Gasteiger partial charge in [-0.1, -0.05) is 13.8 Å². The molecule has 1 unspecified atom stereocenters. The molecular formula is C20H25F2N4O3P. The number of benzene rings is 1. The van der Waals surface area contributed by atoms with Crippen LogP contribution in [0.2, 0.25) is 0 Å². The molecule has 162 valence electrons. The molecule has 30 heavy (non-hydrogen) atoms. The number of ether oxygens (including phenoxy) is 1. The topological polar surface area (TPSA) is 107 Å². The molecule has 2 aromatic rings. The Balaban J connectivity index is 2.40. The number of hydrogen-bond donors (Lipinski definition) is 4. The van der Waals surface area contributed by atoms with Gasteiger partial charge in [-0.25, -0.2) is 4.98 Å². The quantitative estimate of drug-likeness (QED) is 0.326. The molecule has 7 nitrogen and oxygen atoms in total. The largest absolute Gasteiger partial charge is 0.430 e. The molecule has 2 rings (SSSR count). The summed E-state index contributed by atoms with van der Waals surface area (Å²) in [5.74, 6) is -3.71. The molecule has 0 saturated carbocycles. The Morgan fingerprint density at radius 1 is 1.27 bits per heavy atom. The first-order valence-corrected chi connectivity index (χ1v) is 9.97. The zero-order valence-corrected chi connectivity index (χ0v) is 17.9. The number of amides is 1. The van der Waals surface area contributed by atoms with Crippen LogP contribution >= 0.6 is 9.24 Å². The molecule has 0 saturated heterocycles. The van der Waals surface area contributed by atoms with E-state index in [1.807, 2.05) is 13.8 Å². The van der Waals surface area contributed by atoms with Crippen LogP contribution in [0.5, 0.6) is 5.75 Å². The summed E-state index contributed by atoms with van der Waals surface area (Å²) in [6.45, 7) is 3.25. The first-order valence-electron chi connectivity index (χ1n) is 9.39. The molecule has 0 aliphatic carbocycles. The maximum Gasteiger partial charge on any atom is 0.408 e. The number of hydrogen-bond acceptors (Lipinski definition) is 6. The van der Waals surface area contributed by atoms with Gasteiger partial charge in [0.2, 0.25) is 5.91 Å². The Kier molecular flexibility index (Phi) is 8.20. The molecule has 10 heteroatoms. The van der Waals surface area contributed by atoms with E-state index in [1.165, 1.54) is 39.7 Å². The Morgan fingerprint density at radius 3 is 2.43 bits per heavy atom. The summed E-state index contributed by atoms with van der Waals surface area (Å²) < 4.78 is 30.4. The molecule has 0 spiro atoms. The summed E-state index contributed by atoms with van der Waals surface area (Å²) in [6.07, 6.45) is 2.92. The summed E-state index contributed by atoms with van der Waals surface area (Å²) in [5.41, 5.74) is 1.59. The lowest BCUT2D eigenvalue weighted by Crippen LogP contribution is -2.22. The third kappa shape index (κ3) is 6.43. The second-order valence-electron chi connectivity index (χ2n) is 6.53. The van der Waals surface area contributed by atoms with Gasteiger partial charge in [0, 0.05) is 23.5 Å². The number of anilines is 3. The predicted molar refractivity (Wildman–Crippen MR) is 116 cm³/mol. The molecule has 0 fully saturated rings. The minimum absolute atomic E-state index is 0.0116. The van der Waals surface area contributed by atoms with Crippen LogP contribution < -0.4 is 15.4 Å². The Morgan fingerprint density at radius 2 is 1.90 bits per heavy atom. The summed E-state index contributed by atoms with van der Waals surface area (Å²) >= 11 is 0. The SMILES string of the molecule is CCC(CC)C(=N)c1c(NC(=O)CO)ccnc1Nc1ccc(OC(F)(F)P)cc1. The molecule has 0 bridgehead atoms. The third-order valence-electron chi connectivity index (χ3n) is 4.40. The second-order valence-corrected chi connectivity index (χ2v) is 7.20. The van der Waals surface area contributed by atoms with Crippen molar-refractivity contribution in [2.75, 3.05) is 17.2 Å². The van der Waals surface area contributed by atoms with Gasteiger partial charge in [0.05, 0.1) is 11.3 Å². The fourth-order valence-corrected chi connectivity index (χ4v) is 3.06. The van der Waals surface area contributed by atoms with E-state index in [1.54, 1.807) is 6.07 Å². The summed E-state index contributed by atoms with van der Waals surface area (Å²) in [6, 6.07) is 7.39. The van der Waals surface area contributed by atoms with Crippen molar-refractivity contribution in [2.45, 2.75) is 32.5 Å². The predicted octanol–water partition coefficient (Wildman–Crippen LogP) is 4.36. The molecule has 0 aliphatic rings. The van der Waals surface area contributed by atoms with Crippen LogP contribution in [0.25, 0.3) is 0 Å². The van der Waals surface area contributed by atoms with Crippen molar-refractivity contribution < 1.29 is 23.4 Å². The maximum atomic E-state index is 13.0. The number of nitrogens with zero attached hydrogens (tertiary/aromatic N) is 1. The molecule has 1 atom stereocenters. The molecule has 0 radical (unpaired) electrons. The fraction of sp³-hybridized carbons (Fsp3) is 0.350. The molecule has 0 aliphatic heterocycles. The van der Waals surface area contributed by atoms with E-state index < -0.39 is 18.4 Å². The van der Waals surface area contributed by atoms with Crippen LogP contribution in [0.1, 0.15) is 32.3 Å². The van der Waals surface area contributed by atoms with Crippen molar-refractivity contribution >= 4 is 38.1 Å². The highest BCUT2D eigenvalue weighted by Gasteiger charge is 2.24. The number of carbonyl (C=O) groups excluding carboxylic acids is 1. The minimum atomic E-state index is -3.37. The maximum absolute atomic E-state index is 13.0. The minimum Gasteiger partial charge on any atom is -0.430 e. The monoisotopic (exact) mass is 438 g/mol. The summed E-state index contributed by atoms with van der Waals surface area (Å²) in [5, 5.41) is 23.4. The van der Waals surface area contributed by atoms with Crippen LogP contribution in [0.4, 0.5) is 26.0 Å². The van der Waals surface area contributed by atoms with Gasteiger partial charge in [-0.3, -0.25) is 4.79 Å². The van der Waals surface area contributed by atoms with Gasteiger partial charge < -0.3 is 25.9 Å². The van der Waals surface area contributed by atoms with Crippen molar-refractivity contribution in [2.24, 2.45) is 5.92 Å². The highest BCUT2D eigenvalue weighted by atomic mass is 31.0. The van der Waals surface area contributed by atoms with E-state index in [-0.39, 0.29) is 11.7 Å². The lowest BCUT2D eigenvalue weighted by molar-refractivity contribution is -0.118. The number of halogens is 2. The fourth-order valence-electron chi connectivity index (χ4n) is 2.92. The number of carbonyl (C=O) groups is 1. The molecular weight excluding hydrogens is 413 g/mol. The van der Waals surface area contributed by atoms with Gasteiger partial charge in [0.1, 0.15) is 18.2 Å². The van der Waals surface area contributed by atoms with Gasteiger partial charge in [-0.2, -0.15) is 8.78 Å². The van der Waals surface area contributed by atoms with Gasteiger partial charge in [-0.15, -0.1) is 0 Å². The van der Waals surface area contributed by atoms with Crippen molar-refractivity contribution in [3.8, 4) is 5.75 Å². The molecule has 1 aromatic carbocycles. The smallest absolute Gasteiger partial charge is 0.408 e. The van der Waals surface area contributed by atoms with Gasteiger partial charge in [0.15, 0.2) is 0 Å². The van der Waals surface area contributed by atoms with E-state index in [0.29, 0.717) is 28.5 Å². The Hall–Kier alpha value is -2.64. The van der Waals surface area contributed by atoms with Crippen LogP contribution in [-0.4, -0.2) is 34.2 Å². The van der Waals surface area contributed by atoms with Crippen molar-refractivity contribution in [3.05, 3.63) is 42.1 Å². The van der Waals surface area contributed by atoms with E-state index in [2.05, 4.69) is 20.4 Å². The van der Waals surface area contributed by atoms with Gasteiger partial charge >= 0.3 is 5.85 Å². The standard InChI is InChI=1S/C20H25F2N4O3P/c1-3-12(4-2)18(23)17-15(26-16(28)11-27)9-10-24-19(17)25-13-5-7-14(8-6-13)29-20(21,22)30/h5-10,12,23,27H,3-4,11,30H2,1-2H3,(H2,24,25,26,28). The summed E-state index contributed by atoms with van der Waals surface area (Å²) in [4.78, 5) is 16.0. The van der Waals surface area contributed by atoms with Crippen molar-refractivity contribution in [3.63, 3.8) is 0 Å². The van der Waals surface area contributed by atoms with Crippen molar-refractivity contribution in [1.82, 2.24) is 4.98 Å². The van der Waals surface area contributed by atoms with E-state index >= 15 is 0 Å². The summed E-state index contributed by atoms with van der Waals surface area (Å²) in [7, 11) is 1.31. The first-order chi connectivity index (χ1) is 14.2. The average Bonchev–Trinajstić information content (AvgIpc) is 2.69. The number of pyridine rings is 1. The number of aromatic nitrogens is 1. The Labute approximate surface area is 176 Å². The van der Waals surface area contributed by atoms with Gasteiger partial charge in [-0.05, 0) is 52.4 Å². The third-order valence-corrected chi connectivity index (χ3v) is 4.52. The lowest BCUT2D eigenvalue weighted by atomic mass is 9.91. The van der Waals surface area contributed by atoms with Crippen LogP contribution in [0, 0.1) is 11.3 Å². The number of alkyl halides is 2. The van der Waals surface area contributed by atoms with E-state index in [0.717, 1.165) is 12.8 Å². The van der Waals surface area contributed by atoms with E-state index in [4.69, 9.17) is 10.5 Å². The molecule has 1 amide bonds. The zero-order valence-electron chi connectivity index (χ0n) is 16.7. The average molecular weight is 438 g/mol. The Bertz CT molecular complexity index is 885. The number of nitrogens with one attached hydrogen (secondary N) is 3. The molecule has 1 aromatic heterocycles. The number of aliphatic hydroxyl groups is 1. The second kappa shape index (κ2) is 10.4. The highest BCUT2D eigenvalue weighted by molar-refractivity contribution is 7.17. The molecule has 4 N–H and O–H groups in total. The normalized spacial score (nSPS) is 11.3. The van der Waals surface area contributed by atoms with Crippen LogP contribution in [0.3, 0.4) is 0 Å². The van der Waals surface area contributed by atoms with Crippen LogP contribution in [-0.2, 0) is 4.79 Å². The van der Waals surface area contributed by atoms with Gasteiger partial charge in [0.25, 0.3) is 0 Å². The van der Waals surface area contributed by atoms with Crippen LogP contribution in [0.15, 0.2) is 36.5 Å². The number of rotatable bonds is 10. The highest BCUT2D eigenvalue weighted by Crippen LogP contribution is 2.31. The lowest BCUT2D eigenvalue weighted by Gasteiger charge is -2.21. The van der Waals surface area contributed by atoms with E-state index in [9.17, 15) is 13.6 Å². The zero-order chi connectivity index (χ0) is 22.3. The van der Waals surface area contributed by atoms with Crippen molar-refractivity contribution in [1.29, 1.82) is 5.41 Å². The molecule has 1 heterocycles. The first kappa shape index (κ1) is 23.6. The number of aliphatic hydroxyl groups excluding tert-OH is 1.